The molecule has 1 aliphatic rings. The van der Waals surface area contributed by atoms with Crippen molar-refractivity contribution in [1.82, 2.24) is 13.9 Å². The van der Waals surface area contributed by atoms with Crippen LogP contribution < -0.4 is 5.32 Å². The van der Waals surface area contributed by atoms with Gasteiger partial charge in [-0.2, -0.15) is 4.31 Å². The molecule has 0 saturated carbocycles. The number of thiophene rings is 1. The maximum atomic E-state index is 13.5. The van der Waals surface area contributed by atoms with Gasteiger partial charge in [-0.1, -0.05) is 18.2 Å². The third kappa shape index (κ3) is 3.84. The van der Waals surface area contributed by atoms with E-state index in [1.807, 2.05) is 11.4 Å². The van der Waals surface area contributed by atoms with Crippen molar-refractivity contribution in [1.29, 1.82) is 0 Å². The first-order chi connectivity index (χ1) is 14.9. The molecular formula is C22H21FN4O2S2. The summed E-state index contributed by atoms with van der Waals surface area (Å²) in [6.07, 6.45) is 2.99. The summed E-state index contributed by atoms with van der Waals surface area (Å²) in [6, 6.07) is 14.3. The lowest BCUT2D eigenvalue weighted by Crippen LogP contribution is -2.32. The van der Waals surface area contributed by atoms with E-state index in [1.54, 1.807) is 35.1 Å². The number of hydrogen-bond donors (Lipinski definition) is 1. The van der Waals surface area contributed by atoms with Crippen LogP contribution in [0.4, 0.5) is 10.1 Å². The van der Waals surface area contributed by atoms with E-state index in [9.17, 15) is 12.8 Å². The summed E-state index contributed by atoms with van der Waals surface area (Å²) in [7, 11) is -1.99. The summed E-state index contributed by atoms with van der Waals surface area (Å²) >= 11 is 1.66. The second-order valence-electron chi connectivity index (χ2n) is 7.78. The zero-order valence-electron chi connectivity index (χ0n) is 16.8. The lowest BCUT2D eigenvalue weighted by atomic mass is 9.94. The Labute approximate surface area is 184 Å². The number of sulfonamides is 1. The van der Waals surface area contributed by atoms with E-state index in [0.717, 1.165) is 11.3 Å². The lowest BCUT2D eigenvalue weighted by Gasteiger charge is -2.21. The minimum atomic E-state index is -3.73. The molecule has 1 N–H and O–H groups in total. The standard InChI is InChI=1S/C22H21FN4O2S2/c1-26-13-22(24-14-26)31(28,29)27-11-19(15-2-5-17(23)6-3-15)20(12-27)25-18-7-4-16-8-9-30-21(16)10-18/h2-10,13-14,19-20,25H,11-12H2,1H3/t19-,20+/m1/s1. The molecule has 160 valence electrons. The number of benzene rings is 2. The van der Waals surface area contributed by atoms with E-state index >= 15 is 0 Å². The topological polar surface area (TPSA) is 67.2 Å². The molecule has 1 fully saturated rings. The van der Waals surface area contributed by atoms with Crippen LogP contribution >= 0.6 is 11.3 Å². The Bertz CT molecular complexity index is 1330. The number of nitrogens with zero attached hydrogens (tertiary/aromatic N) is 3. The van der Waals surface area contributed by atoms with Crippen LogP contribution in [0.5, 0.6) is 0 Å². The Morgan fingerprint density at radius 2 is 1.94 bits per heavy atom. The van der Waals surface area contributed by atoms with Crippen molar-refractivity contribution in [3.63, 3.8) is 0 Å². The van der Waals surface area contributed by atoms with Crippen molar-refractivity contribution < 1.29 is 12.8 Å². The maximum absolute atomic E-state index is 13.5. The van der Waals surface area contributed by atoms with Crippen LogP contribution in [0, 0.1) is 5.82 Å². The third-order valence-electron chi connectivity index (χ3n) is 5.68. The number of imidazole rings is 1. The molecule has 6 nitrogen and oxygen atoms in total. The minimum Gasteiger partial charge on any atom is -0.380 e. The summed E-state index contributed by atoms with van der Waals surface area (Å²) in [5, 5.41) is 6.79. The van der Waals surface area contributed by atoms with Gasteiger partial charge in [0.15, 0.2) is 5.03 Å². The van der Waals surface area contributed by atoms with Gasteiger partial charge < -0.3 is 9.88 Å². The number of anilines is 1. The monoisotopic (exact) mass is 456 g/mol. The average molecular weight is 457 g/mol. The molecule has 9 heteroatoms. The van der Waals surface area contributed by atoms with Crippen molar-refractivity contribution in [2.24, 2.45) is 7.05 Å². The van der Waals surface area contributed by atoms with Crippen LogP contribution in [0.15, 0.2) is 71.5 Å². The maximum Gasteiger partial charge on any atom is 0.262 e. The van der Waals surface area contributed by atoms with Gasteiger partial charge in [0.2, 0.25) is 0 Å². The number of rotatable bonds is 5. The van der Waals surface area contributed by atoms with Crippen molar-refractivity contribution >= 4 is 37.1 Å². The number of aromatic nitrogens is 2. The average Bonchev–Trinajstić information content (AvgIpc) is 3.48. The molecule has 0 bridgehead atoms. The first kappa shape index (κ1) is 20.2. The highest BCUT2D eigenvalue weighted by Gasteiger charge is 2.41. The first-order valence-electron chi connectivity index (χ1n) is 9.87. The van der Waals surface area contributed by atoms with Gasteiger partial charge in [-0.25, -0.2) is 17.8 Å². The quantitative estimate of drug-likeness (QED) is 0.492. The highest BCUT2D eigenvalue weighted by molar-refractivity contribution is 7.89. The molecule has 1 saturated heterocycles. The Hall–Kier alpha value is -2.75. The molecule has 0 spiro atoms. The normalized spacial score (nSPS) is 19.8. The van der Waals surface area contributed by atoms with Crippen LogP contribution in [0.3, 0.4) is 0 Å². The Kier molecular flexibility index (Phi) is 5.04. The number of hydrogen-bond acceptors (Lipinski definition) is 5. The minimum absolute atomic E-state index is 0.0357. The van der Waals surface area contributed by atoms with E-state index in [0.29, 0.717) is 13.1 Å². The van der Waals surface area contributed by atoms with Crippen LogP contribution in [-0.4, -0.2) is 41.4 Å². The van der Waals surface area contributed by atoms with E-state index in [2.05, 4.69) is 28.5 Å². The molecular weight excluding hydrogens is 435 g/mol. The van der Waals surface area contributed by atoms with E-state index < -0.39 is 10.0 Å². The fraction of sp³-hybridized carbons (Fsp3) is 0.227. The van der Waals surface area contributed by atoms with Gasteiger partial charge in [0, 0.05) is 48.7 Å². The lowest BCUT2D eigenvalue weighted by molar-refractivity contribution is 0.468. The van der Waals surface area contributed by atoms with E-state index in [-0.39, 0.29) is 22.8 Å². The number of halogens is 1. The smallest absolute Gasteiger partial charge is 0.262 e. The predicted molar refractivity (Wildman–Crippen MR) is 120 cm³/mol. The van der Waals surface area contributed by atoms with Gasteiger partial charge in [0.25, 0.3) is 10.0 Å². The molecule has 2 aromatic carbocycles. The number of fused-ring (bicyclic) bond motifs is 1. The molecule has 2 aromatic heterocycles. The van der Waals surface area contributed by atoms with E-state index in [4.69, 9.17) is 0 Å². The van der Waals surface area contributed by atoms with Crippen LogP contribution in [0.1, 0.15) is 11.5 Å². The van der Waals surface area contributed by atoms with Gasteiger partial charge in [0.05, 0.1) is 6.33 Å². The zero-order chi connectivity index (χ0) is 21.6. The largest absolute Gasteiger partial charge is 0.380 e. The van der Waals surface area contributed by atoms with Gasteiger partial charge in [-0.15, -0.1) is 11.3 Å². The number of aryl methyl sites for hydroxylation is 1. The van der Waals surface area contributed by atoms with Crippen molar-refractivity contribution in [2.45, 2.75) is 17.0 Å². The summed E-state index contributed by atoms with van der Waals surface area (Å²) in [5.74, 6) is -0.439. The predicted octanol–water partition coefficient (Wildman–Crippen LogP) is 4.04. The Morgan fingerprint density at radius 3 is 2.68 bits per heavy atom. The SMILES string of the molecule is Cn1cnc(S(=O)(=O)N2C[C@H](Nc3ccc4ccsc4c3)[C@@H](c3ccc(F)cc3)C2)c1. The molecule has 0 unspecified atom stereocenters. The molecule has 31 heavy (non-hydrogen) atoms. The Balaban J connectivity index is 1.47. The summed E-state index contributed by atoms with van der Waals surface area (Å²) < 4.78 is 44.1. The second-order valence-corrected chi connectivity index (χ2v) is 10.6. The molecule has 0 amide bonds. The molecule has 4 aromatic rings. The highest BCUT2D eigenvalue weighted by atomic mass is 32.2. The highest BCUT2D eigenvalue weighted by Crippen LogP contribution is 2.34. The molecule has 0 radical (unpaired) electrons. The summed E-state index contributed by atoms with van der Waals surface area (Å²) in [6.45, 7) is 0.590. The molecule has 0 aliphatic carbocycles. The van der Waals surface area contributed by atoms with Crippen LogP contribution in [-0.2, 0) is 17.1 Å². The fourth-order valence-corrected chi connectivity index (χ4v) is 6.36. The summed E-state index contributed by atoms with van der Waals surface area (Å²) in [5.41, 5.74) is 1.83. The van der Waals surface area contributed by atoms with Crippen molar-refractivity contribution in [3.8, 4) is 0 Å². The number of nitrogens with one attached hydrogen (secondary N) is 1. The molecule has 1 aliphatic heterocycles. The zero-order valence-corrected chi connectivity index (χ0v) is 18.4. The van der Waals surface area contributed by atoms with Gasteiger partial charge in [-0.3, -0.25) is 0 Å². The van der Waals surface area contributed by atoms with Gasteiger partial charge in [0.1, 0.15) is 5.82 Å². The van der Waals surface area contributed by atoms with Crippen molar-refractivity contribution in [3.05, 3.63) is 77.8 Å². The molecule has 2 atom stereocenters. The van der Waals surface area contributed by atoms with Crippen LogP contribution in [0.2, 0.25) is 0 Å². The Morgan fingerprint density at radius 1 is 1.13 bits per heavy atom. The van der Waals surface area contributed by atoms with Gasteiger partial charge in [-0.05, 0) is 46.7 Å². The van der Waals surface area contributed by atoms with Crippen LogP contribution in [0.25, 0.3) is 10.1 Å². The fourth-order valence-electron chi connectivity index (χ4n) is 4.07. The molecule has 3 heterocycles. The third-order valence-corrected chi connectivity index (χ3v) is 8.28. The first-order valence-corrected chi connectivity index (χ1v) is 12.2. The second kappa shape index (κ2) is 7.74. The van der Waals surface area contributed by atoms with Gasteiger partial charge >= 0.3 is 0 Å². The van der Waals surface area contributed by atoms with Crippen molar-refractivity contribution in [2.75, 3.05) is 18.4 Å². The molecule has 5 rings (SSSR count). The van der Waals surface area contributed by atoms with E-state index in [1.165, 1.54) is 39.0 Å². The summed E-state index contributed by atoms with van der Waals surface area (Å²) in [4.78, 5) is 4.04.